The third kappa shape index (κ3) is 2.17. The van der Waals surface area contributed by atoms with E-state index in [1.165, 1.54) is 0 Å². The van der Waals surface area contributed by atoms with E-state index in [0.717, 1.165) is 31.3 Å². The molecule has 0 aliphatic carbocycles. The molecule has 1 fully saturated rings. The van der Waals surface area contributed by atoms with Crippen LogP contribution in [0.25, 0.3) is 0 Å². The molecular weight excluding hydrogens is 214 g/mol. The van der Waals surface area contributed by atoms with Crippen LogP contribution in [0, 0.1) is 0 Å². The monoisotopic (exact) mass is 229 g/mol. The van der Waals surface area contributed by atoms with Crippen molar-refractivity contribution in [2.75, 3.05) is 18.5 Å². The lowest BCUT2D eigenvalue weighted by molar-refractivity contribution is 0.187. The van der Waals surface area contributed by atoms with Crippen LogP contribution in [0.15, 0.2) is 42.7 Å². The molecule has 1 unspecified atom stereocenters. The maximum atomic E-state index is 5.41. The van der Waals surface area contributed by atoms with Crippen LogP contribution in [0.2, 0.25) is 0 Å². The molecule has 0 radical (unpaired) electrons. The lowest BCUT2D eigenvalue weighted by atomic mass is 10.2. The summed E-state index contributed by atoms with van der Waals surface area (Å²) in [4.78, 5) is 4.35. The summed E-state index contributed by atoms with van der Waals surface area (Å²) in [6, 6.07) is 10.5. The van der Waals surface area contributed by atoms with Crippen molar-refractivity contribution in [1.82, 2.24) is 9.55 Å². The maximum Gasteiger partial charge on any atom is 0.207 e. The predicted molar refractivity (Wildman–Crippen MR) is 66.4 cm³/mol. The fraction of sp³-hybridized carbons (Fsp3) is 0.308. The van der Waals surface area contributed by atoms with Gasteiger partial charge in [-0.05, 0) is 18.6 Å². The number of ether oxygens (including phenoxy) is 1. The molecule has 1 atom stereocenters. The van der Waals surface area contributed by atoms with E-state index in [0.29, 0.717) is 6.04 Å². The van der Waals surface area contributed by atoms with E-state index in [2.05, 4.69) is 14.9 Å². The first-order chi connectivity index (χ1) is 8.43. The van der Waals surface area contributed by atoms with Crippen LogP contribution in [-0.2, 0) is 4.74 Å². The number of nitrogens with zero attached hydrogens (tertiary/aromatic N) is 2. The molecule has 1 aromatic heterocycles. The zero-order chi connectivity index (χ0) is 11.5. The summed E-state index contributed by atoms with van der Waals surface area (Å²) in [5, 5.41) is 3.33. The highest BCUT2D eigenvalue weighted by Gasteiger charge is 2.19. The van der Waals surface area contributed by atoms with E-state index < -0.39 is 0 Å². The van der Waals surface area contributed by atoms with Gasteiger partial charge < -0.3 is 14.6 Å². The van der Waals surface area contributed by atoms with Crippen molar-refractivity contribution in [2.24, 2.45) is 0 Å². The summed E-state index contributed by atoms with van der Waals surface area (Å²) in [6.07, 6.45) is 4.88. The number of rotatable bonds is 3. The minimum atomic E-state index is 0.406. The van der Waals surface area contributed by atoms with Crippen LogP contribution in [-0.4, -0.2) is 22.8 Å². The van der Waals surface area contributed by atoms with E-state index in [9.17, 15) is 0 Å². The molecule has 0 spiro atoms. The fourth-order valence-electron chi connectivity index (χ4n) is 2.10. The SMILES string of the molecule is c1ccc(Nc2nccn2C2CCOC2)cc1. The fourth-order valence-corrected chi connectivity index (χ4v) is 2.10. The maximum absolute atomic E-state index is 5.41. The van der Waals surface area contributed by atoms with Gasteiger partial charge in [-0.25, -0.2) is 4.98 Å². The molecule has 88 valence electrons. The summed E-state index contributed by atoms with van der Waals surface area (Å²) in [5.74, 6) is 0.881. The highest BCUT2D eigenvalue weighted by Crippen LogP contribution is 2.24. The summed E-state index contributed by atoms with van der Waals surface area (Å²) >= 11 is 0. The molecule has 1 aliphatic heterocycles. The summed E-state index contributed by atoms with van der Waals surface area (Å²) < 4.78 is 7.56. The van der Waals surface area contributed by atoms with Crippen molar-refractivity contribution in [2.45, 2.75) is 12.5 Å². The molecule has 1 saturated heterocycles. The molecule has 4 nitrogen and oxygen atoms in total. The second-order valence-electron chi connectivity index (χ2n) is 4.17. The molecule has 0 bridgehead atoms. The Bertz CT molecular complexity index is 474. The van der Waals surface area contributed by atoms with Crippen molar-refractivity contribution in [1.29, 1.82) is 0 Å². The van der Waals surface area contributed by atoms with E-state index in [1.807, 2.05) is 42.7 Å². The lowest BCUT2D eigenvalue weighted by Crippen LogP contribution is -2.10. The summed E-state index contributed by atoms with van der Waals surface area (Å²) in [7, 11) is 0. The molecule has 1 aliphatic rings. The van der Waals surface area contributed by atoms with Crippen LogP contribution in [0.1, 0.15) is 12.5 Å². The Morgan fingerprint density at radius 2 is 2.18 bits per heavy atom. The first kappa shape index (κ1) is 10.4. The van der Waals surface area contributed by atoms with Crippen LogP contribution >= 0.6 is 0 Å². The molecular formula is C13H15N3O. The van der Waals surface area contributed by atoms with Crippen LogP contribution in [0.5, 0.6) is 0 Å². The Balaban J connectivity index is 1.81. The van der Waals surface area contributed by atoms with Gasteiger partial charge in [-0.3, -0.25) is 0 Å². The molecule has 1 N–H and O–H groups in total. The van der Waals surface area contributed by atoms with Gasteiger partial charge in [-0.15, -0.1) is 0 Å². The first-order valence-corrected chi connectivity index (χ1v) is 5.86. The van der Waals surface area contributed by atoms with Crippen molar-refractivity contribution in [3.8, 4) is 0 Å². The molecule has 0 amide bonds. The topological polar surface area (TPSA) is 39.1 Å². The average molecular weight is 229 g/mol. The molecule has 0 saturated carbocycles. The van der Waals surface area contributed by atoms with Gasteiger partial charge >= 0.3 is 0 Å². The van der Waals surface area contributed by atoms with Crippen molar-refractivity contribution >= 4 is 11.6 Å². The zero-order valence-corrected chi connectivity index (χ0v) is 9.54. The van der Waals surface area contributed by atoms with Gasteiger partial charge in [-0.2, -0.15) is 0 Å². The Labute approximate surface area is 100 Å². The summed E-state index contributed by atoms with van der Waals surface area (Å²) in [5.41, 5.74) is 1.05. The minimum Gasteiger partial charge on any atom is -0.379 e. The van der Waals surface area contributed by atoms with Crippen LogP contribution in [0.4, 0.5) is 11.6 Å². The van der Waals surface area contributed by atoms with Gasteiger partial charge in [0.25, 0.3) is 0 Å². The quantitative estimate of drug-likeness (QED) is 0.879. The van der Waals surface area contributed by atoms with Crippen molar-refractivity contribution < 1.29 is 4.74 Å². The standard InChI is InChI=1S/C13H15N3O/c1-2-4-11(5-3-1)15-13-14-7-8-16(13)12-6-9-17-10-12/h1-5,7-8,12H,6,9-10H2,(H,14,15). The Morgan fingerprint density at radius 1 is 1.29 bits per heavy atom. The summed E-state index contributed by atoms with van der Waals surface area (Å²) in [6.45, 7) is 1.62. The van der Waals surface area contributed by atoms with E-state index in [4.69, 9.17) is 4.74 Å². The molecule has 2 aromatic rings. The number of hydrogen-bond acceptors (Lipinski definition) is 3. The van der Waals surface area contributed by atoms with Crippen LogP contribution < -0.4 is 5.32 Å². The minimum absolute atomic E-state index is 0.406. The molecule has 1 aromatic carbocycles. The van der Waals surface area contributed by atoms with Gasteiger partial charge in [0.05, 0.1) is 12.6 Å². The van der Waals surface area contributed by atoms with Gasteiger partial charge in [-0.1, -0.05) is 18.2 Å². The number of aromatic nitrogens is 2. The van der Waals surface area contributed by atoms with Gasteiger partial charge in [0.1, 0.15) is 0 Å². The largest absolute Gasteiger partial charge is 0.379 e. The number of imidazole rings is 1. The molecule has 3 rings (SSSR count). The second-order valence-corrected chi connectivity index (χ2v) is 4.17. The number of para-hydroxylation sites is 1. The Kier molecular flexibility index (Phi) is 2.80. The van der Waals surface area contributed by atoms with Gasteiger partial charge in [0.2, 0.25) is 5.95 Å². The van der Waals surface area contributed by atoms with Crippen molar-refractivity contribution in [3.05, 3.63) is 42.7 Å². The van der Waals surface area contributed by atoms with Crippen LogP contribution in [0.3, 0.4) is 0 Å². The van der Waals surface area contributed by atoms with Gasteiger partial charge in [0, 0.05) is 24.7 Å². The average Bonchev–Trinajstić information content (AvgIpc) is 3.00. The molecule has 2 heterocycles. The van der Waals surface area contributed by atoms with E-state index in [-0.39, 0.29) is 0 Å². The lowest BCUT2D eigenvalue weighted by Gasteiger charge is -2.14. The number of hydrogen-bond donors (Lipinski definition) is 1. The van der Waals surface area contributed by atoms with E-state index in [1.54, 1.807) is 0 Å². The molecule has 17 heavy (non-hydrogen) atoms. The normalized spacial score (nSPS) is 19.4. The van der Waals surface area contributed by atoms with E-state index >= 15 is 0 Å². The van der Waals surface area contributed by atoms with Gasteiger partial charge in [0.15, 0.2) is 0 Å². The zero-order valence-electron chi connectivity index (χ0n) is 9.54. The predicted octanol–water partition coefficient (Wildman–Crippen LogP) is 2.59. The number of anilines is 2. The highest BCUT2D eigenvalue weighted by molar-refractivity contribution is 5.53. The van der Waals surface area contributed by atoms with Crippen molar-refractivity contribution in [3.63, 3.8) is 0 Å². The highest BCUT2D eigenvalue weighted by atomic mass is 16.5. The smallest absolute Gasteiger partial charge is 0.207 e. The third-order valence-corrected chi connectivity index (χ3v) is 3.00. The number of benzene rings is 1. The Morgan fingerprint density at radius 3 is 2.94 bits per heavy atom. The third-order valence-electron chi connectivity index (χ3n) is 3.00. The second kappa shape index (κ2) is 4.59. The number of nitrogens with one attached hydrogen (secondary N) is 1. The Hall–Kier alpha value is -1.81. The first-order valence-electron chi connectivity index (χ1n) is 5.86. The molecule has 4 heteroatoms.